The van der Waals surface area contributed by atoms with Crippen LogP contribution in [0.5, 0.6) is 0 Å². The zero-order valence-electron chi connectivity index (χ0n) is 33.6. The summed E-state index contributed by atoms with van der Waals surface area (Å²) >= 11 is 0. The maximum atomic E-state index is 5.46. The van der Waals surface area contributed by atoms with Gasteiger partial charge in [0.15, 0.2) is 8.07 Å². The SMILES string of the molecule is CC1(C)c2ccccc2N(c2ccccc2)c2c1cnc1c2c2ccccc2n1-c1cccc([Si](c2ccccc2)(c2ccccc2)c2cccc(-c3ccccn3)c2)c1. The third-order valence-electron chi connectivity index (χ3n) is 12.6. The molecule has 286 valence electrons. The van der Waals surface area contributed by atoms with E-state index in [9.17, 15) is 0 Å². The van der Waals surface area contributed by atoms with Crippen molar-refractivity contribution in [1.29, 1.82) is 0 Å². The summed E-state index contributed by atoms with van der Waals surface area (Å²) in [7, 11) is -2.95. The van der Waals surface area contributed by atoms with Crippen molar-refractivity contribution in [3.05, 3.63) is 230 Å². The minimum absolute atomic E-state index is 0.276. The highest BCUT2D eigenvalue weighted by Crippen LogP contribution is 2.55. The van der Waals surface area contributed by atoms with Crippen LogP contribution < -0.4 is 25.6 Å². The first-order chi connectivity index (χ1) is 29.5. The predicted molar refractivity (Wildman–Crippen MR) is 252 cm³/mol. The largest absolute Gasteiger partial charge is 0.309 e. The number of pyridine rings is 2. The number of benzene rings is 7. The first kappa shape index (κ1) is 35.8. The topological polar surface area (TPSA) is 34.0 Å². The van der Waals surface area contributed by atoms with Crippen molar-refractivity contribution in [3.8, 4) is 16.9 Å². The molecule has 0 atom stereocenters. The number of anilines is 3. The maximum Gasteiger partial charge on any atom is 0.179 e. The van der Waals surface area contributed by atoms with Crippen LogP contribution >= 0.6 is 0 Å². The van der Waals surface area contributed by atoms with Gasteiger partial charge in [-0.15, -0.1) is 0 Å². The van der Waals surface area contributed by atoms with Gasteiger partial charge in [0, 0.05) is 45.7 Å². The Morgan fingerprint density at radius 2 is 1.08 bits per heavy atom. The molecule has 0 amide bonds. The van der Waals surface area contributed by atoms with Crippen molar-refractivity contribution < 1.29 is 0 Å². The summed E-state index contributed by atoms with van der Waals surface area (Å²) < 4.78 is 2.39. The van der Waals surface area contributed by atoms with Gasteiger partial charge in [0.1, 0.15) is 5.65 Å². The van der Waals surface area contributed by atoms with E-state index < -0.39 is 8.07 Å². The Bertz CT molecular complexity index is 3140. The summed E-state index contributed by atoms with van der Waals surface area (Å²) in [4.78, 5) is 12.7. The van der Waals surface area contributed by atoms with Gasteiger partial charge in [-0.2, -0.15) is 0 Å². The Kier molecular flexibility index (Phi) is 8.46. The van der Waals surface area contributed by atoms with Gasteiger partial charge in [0.2, 0.25) is 0 Å². The lowest BCUT2D eigenvalue weighted by Crippen LogP contribution is -2.74. The Morgan fingerprint density at radius 1 is 0.483 bits per heavy atom. The summed E-state index contributed by atoms with van der Waals surface area (Å²) in [5.74, 6) is 0. The molecular formula is C55H42N4Si. The van der Waals surface area contributed by atoms with Crippen LogP contribution in [0.25, 0.3) is 38.9 Å². The highest BCUT2D eigenvalue weighted by atomic mass is 28.3. The molecule has 0 saturated carbocycles. The summed E-state index contributed by atoms with van der Waals surface area (Å²) in [6.45, 7) is 4.67. The van der Waals surface area contributed by atoms with Crippen LogP contribution in [-0.2, 0) is 5.41 Å². The highest BCUT2D eigenvalue weighted by molar-refractivity contribution is 7.20. The first-order valence-electron chi connectivity index (χ1n) is 20.7. The third kappa shape index (κ3) is 5.43. The van der Waals surface area contributed by atoms with Gasteiger partial charge in [-0.1, -0.05) is 172 Å². The van der Waals surface area contributed by atoms with Crippen molar-refractivity contribution in [3.63, 3.8) is 0 Å². The average Bonchev–Trinajstić information content (AvgIpc) is 3.66. The van der Waals surface area contributed by atoms with Gasteiger partial charge in [-0.05, 0) is 74.8 Å². The fourth-order valence-electron chi connectivity index (χ4n) is 9.86. The van der Waals surface area contributed by atoms with Gasteiger partial charge in [0.25, 0.3) is 0 Å². The van der Waals surface area contributed by atoms with Crippen molar-refractivity contribution in [2.45, 2.75) is 19.3 Å². The van der Waals surface area contributed by atoms with Crippen LogP contribution in [0.2, 0.25) is 0 Å². The summed E-state index contributed by atoms with van der Waals surface area (Å²) in [6.07, 6.45) is 4.01. The molecule has 7 aromatic carbocycles. The molecule has 0 radical (unpaired) electrons. The van der Waals surface area contributed by atoms with Crippen LogP contribution in [0, 0.1) is 0 Å². The van der Waals surface area contributed by atoms with Crippen molar-refractivity contribution in [1.82, 2.24) is 14.5 Å². The zero-order chi connectivity index (χ0) is 40.3. The molecule has 1 aliphatic rings. The molecule has 3 aromatic heterocycles. The number of rotatable bonds is 7. The molecule has 0 saturated heterocycles. The molecule has 0 aliphatic carbocycles. The van der Waals surface area contributed by atoms with Crippen LogP contribution in [-0.4, -0.2) is 22.6 Å². The van der Waals surface area contributed by atoms with Crippen molar-refractivity contribution >= 4 is 67.8 Å². The van der Waals surface area contributed by atoms with Gasteiger partial charge in [0.05, 0.1) is 28.0 Å². The van der Waals surface area contributed by atoms with Crippen molar-refractivity contribution in [2.24, 2.45) is 0 Å². The van der Waals surface area contributed by atoms with Crippen LogP contribution in [0.15, 0.2) is 219 Å². The molecule has 0 unspecified atom stereocenters. The molecule has 11 rings (SSSR count). The number of hydrogen-bond acceptors (Lipinski definition) is 3. The second kappa shape index (κ2) is 14.2. The number of hydrogen-bond donors (Lipinski definition) is 0. The molecule has 1 aliphatic heterocycles. The second-order valence-corrected chi connectivity index (χ2v) is 20.0. The zero-order valence-corrected chi connectivity index (χ0v) is 34.6. The van der Waals surface area contributed by atoms with E-state index in [4.69, 9.17) is 9.97 Å². The molecule has 10 aromatic rings. The molecule has 5 heteroatoms. The summed E-state index contributed by atoms with van der Waals surface area (Å²) in [5.41, 5.74) is 10.9. The summed E-state index contributed by atoms with van der Waals surface area (Å²) in [5, 5.41) is 7.56. The molecule has 60 heavy (non-hydrogen) atoms. The van der Waals surface area contributed by atoms with Gasteiger partial charge < -0.3 is 4.90 Å². The minimum Gasteiger partial charge on any atom is -0.309 e. The molecule has 4 nitrogen and oxygen atoms in total. The van der Waals surface area contributed by atoms with E-state index in [1.807, 2.05) is 12.3 Å². The van der Waals surface area contributed by atoms with E-state index in [1.54, 1.807) is 0 Å². The van der Waals surface area contributed by atoms with E-state index >= 15 is 0 Å². The standard InChI is InChI=1S/C55H42N4Si/c1-55(2)47-31-13-15-34-51(47)58(40-21-6-3-7-22-40)53-48(55)38-57-54-52(53)46-30-12-14-33-50(46)59(54)41-23-19-29-45(37-41)60(42-24-8-4-9-25-42,43-26-10-5-11-27-43)44-28-18-20-39(36-44)49-32-16-17-35-56-49/h3-38H,1-2H3. The number of para-hydroxylation sites is 3. The molecule has 4 heterocycles. The Labute approximate surface area is 351 Å². The predicted octanol–water partition coefficient (Wildman–Crippen LogP) is 10.7. The smallest absolute Gasteiger partial charge is 0.179 e. The fourth-order valence-corrected chi connectivity index (χ4v) is 14.7. The monoisotopic (exact) mass is 786 g/mol. The van der Waals surface area contributed by atoms with Crippen LogP contribution in [0.1, 0.15) is 25.0 Å². The number of aromatic nitrogens is 3. The van der Waals surface area contributed by atoms with E-state index in [-0.39, 0.29) is 5.41 Å². The van der Waals surface area contributed by atoms with E-state index in [0.29, 0.717) is 0 Å². The Morgan fingerprint density at radius 3 is 1.82 bits per heavy atom. The van der Waals surface area contributed by atoms with Gasteiger partial charge >= 0.3 is 0 Å². The number of nitrogens with zero attached hydrogens (tertiary/aromatic N) is 4. The van der Waals surface area contributed by atoms with E-state index in [2.05, 4.69) is 230 Å². The van der Waals surface area contributed by atoms with Crippen LogP contribution in [0.4, 0.5) is 17.1 Å². The van der Waals surface area contributed by atoms with Crippen molar-refractivity contribution in [2.75, 3.05) is 4.90 Å². The Balaban J connectivity index is 1.21. The highest BCUT2D eigenvalue weighted by Gasteiger charge is 2.43. The van der Waals surface area contributed by atoms with E-state index in [1.165, 1.54) is 48.6 Å². The third-order valence-corrected chi connectivity index (χ3v) is 17.3. The molecule has 0 bridgehead atoms. The molecule has 0 N–H and O–H groups in total. The number of fused-ring (bicyclic) bond motifs is 6. The molecular weight excluding hydrogens is 745 g/mol. The summed E-state index contributed by atoms with van der Waals surface area (Å²) in [6, 6.07) is 75.3. The Hall–Kier alpha value is -7.34. The molecule has 0 spiro atoms. The fraction of sp³-hybridized carbons (Fsp3) is 0.0545. The van der Waals surface area contributed by atoms with E-state index in [0.717, 1.165) is 39.2 Å². The lowest BCUT2D eigenvalue weighted by atomic mass is 9.73. The lowest BCUT2D eigenvalue weighted by molar-refractivity contribution is 0.630. The second-order valence-electron chi connectivity index (χ2n) is 16.2. The minimum atomic E-state index is -2.95. The lowest BCUT2D eigenvalue weighted by Gasteiger charge is -2.42. The average molecular weight is 787 g/mol. The van der Waals surface area contributed by atoms with Crippen LogP contribution in [0.3, 0.4) is 0 Å². The molecule has 0 fully saturated rings. The van der Waals surface area contributed by atoms with Gasteiger partial charge in [-0.3, -0.25) is 9.55 Å². The maximum absolute atomic E-state index is 5.46. The van der Waals surface area contributed by atoms with Gasteiger partial charge in [-0.25, -0.2) is 4.98 Å². The first-order valence-corrected chi connectivity index (χ1v) is 22.7. The quantitative estimate of drug-likeness (QED) is 0.119. The normalized spacial score (nSPS) is 13.3.